The van der Waals surface area contributed by atoms with Crippen molar-refractivity contribution in [1.82, 2.24) is 15.1 Å². The summed E-state index contributed by atoms with van der Waals surface area (Å²) in [6.45, 7) is 0.387. The van der Waals surface area contributed by atoms with E-state index in [0.29, 0.717) is 29.5 Å². The first-order valence-corrected chi connectivity index (χ1v) is 6.42. The maximum absolute atomic E-state index is 9.42. The van der Waals surface area contributed by atoms with E-state index >= 15 is 0 Å². The Balaban J connectivity index is 1.95. The van der Waals surface area contributed by atoms with E-state index < -0.39 is 0 Å². The summed E-state index contributed by atoms with van der Waals surface area (Å²) >= 11 is 1.45. The monoisotopic (exact) mass is 274 g/mol. The molecule has 3 rings (SSSR count). The van der Waals surface area contributed by atoms with Gasteiger partial charge in [-0.2, -0.15) is 4.98 Å². The van der Waals surface area contributed by atoms with E-state index in [4.69, 9.17) is 10.3 Å². The predicted molar refractivity (Wildman–Crippen MR) is 70.4 cm³/mol. The fraction of sp³-hybridized carbons (Fsp3) is 0.0833. The van der Waals surface area contributed by atoms with Gasteiger partial charge in [-0.25, -0.2) is 4.98 Å². The quantitative estimate of drug-likeness (QED) is 0.758. The number of aromatic nitrogens is 3. The van der Waals surface area contributed by atoms with Crippen molar-refractivity contribution in [2.45, 2.75) is 6.54 Å². The van der Waals surface area contributed by atoms with Crippen LogP contribution in [0.5, 0.6) is 5.75 Å². The van der Waals surface area contributed by atoms with Crippen molar-refractivity contribution in [2.75, 3.05) is 0 Å². The molecule has 0 saturated carbocycles. The summed E-state index contributed by atoms with van der Waals surface area (Å²) in [5.41, 5.74) is 6.81. The van der Waals surface area contributed by atoms with Crippen LogP contribution < -0.4 is 5.73 Å². The normalized spacial score (nSPS) is 10.8. The van der Waals surface area contributed by atoms with Crippen molar-refractivity contribution >= 4 is 11.3 Å². The summed E-state index contributed by atoms with van der Waals surface area (Å²) in [6, 6.07) is 6.66. The fourth-order valence-electron chi connectivity index (χ4n) is 1.59. The van der Waals surface area contributed by atoms with Gasteiger partial charge in [-0.1, -0.05) is 17.3 Å². The Morgan fingerprint density at radius 2 is 2.21 bits per heavy atom. The summed E-state index contributed by atoms with van der Waals surface area (Å²) in [6.07, 6.45) is 0. The molecular formula is C12H10N4O2S. The van der Waals surface area contributed by atoms with Crippen LogP contribution in [0.15, 0.2) is 34.2 Å². The van der Waals surface area contributed by atoms with E-state index in [1.165, 1.54) is 11.3 Å². The Bertz CT molecular complexity index is 707. The highest BCUT2D eigenvalue weighted by molar-refractivity contribution is 7.09. The Morgan fingerprint density at radius 1 is 1.32 bits per heavy atom. The van der Waals surface area contributed by atoms with Gasteiger partial charge in [-0.3, -0.25) is 0 Å². The van der Waals surface area contributed by atoms with Gasteiger partial charge in [-0.15, -0.1) is 11.3 Å². The largest absolute Gasteiger partial charge is 0.508 e. The third-order valence-electron chi connectivity index (χ3n) is 2.48. The summed E-state index contributed by atoms with van der Waals surface area (Å²) in [7, 11) is 0. The molecule has 19 heavy (non-hydrogen) atoms. The number of phenols is 1. The fourth-order valence-corrected chi connectivity index (χ4v) is 2.24. The number of aromatic hydroxyl groups is 1. The van der Waals surface area contributed by atoms with Crippen molar-refractivity contribution in [3.8, 4) is 28.7 Å². The van der Waals surface area contributed by atoms with Crippen molar-refractivity contribution in [3.05, 3.63) is 34.7 Å². The molecule has 0 aliphatic carbocycles. The van der Waals surface area contributed by atoms with Crippen LogP contribution in [-0.2, 0) is 6.54 Å². The second kappa shape index (κ2) is 4.79. The number of hydrogen-bond acceptors (Lipinski definition) is 7. The van der Waals surface area contributed by atoms with Gasteiger partial charge in [0.1, 0.15) is 16.5 Å². The molecule has 0 radical (unpaired) electrons. The highest BCUT2D eigenvalue weighted by Crippen LogP contribution is 2.25. The molecule has 0 amide bonds. The molecule has 2 heterocycles. The molecule has 0 aliphatic heterocycles. The van der Waals surface area contributed by atoms with Crippen LogP contribution in [0.1, 0.15) is 5.01 Å². The van der Waals surface area contributed by atoms with Crippen molar-refractivity contribution in [1.29, 1.82) is 0 Å². The molecule has 0 unspecified atom stereocenters. The highest BCUT2D eigenvalue weighted by atomic mass is 32.1. The van der Waals surface area contributed by atoms with Crippen LogP contribution in [-0.4, -0.2) is 20.2 Å². The topological polar surface area (TPSA) is 98.1 Å². The van der Waals surface area contributed by atoms with E-state index in [-0.39, 0.29) is 5.75 Å². The van der Waals surface area contributed by atoms with E-state index in [1.54, 1.807) is 24.3 Å². The van der Waals surface area contributed by atoms with Gasteiger partial charge in [0, 0.05) is 17.5 Å². The van der Waals surface area contributed by atoms with E-state index in [9.17, 15) is 5.11 Å². The summed E-state index contributed by atoms with van der Waals surface area (Å²) in [4.78, 5) is 8.53. The first-order chi connectivity index (χ1) is 9.26. The summed E-state index contributed by atoms with van der Waals surface area (Å²) < 4.78 is 5.16. The molecular weight excluding hydrogens is 264 g/mol. The van der Waals surface area contributed by atoms with E-state index in [2.05, 4.69) is 15.1 Å². The van der Waals surface area contributed by atoms with Gasteiger partial charge < -0.3 is 15.4 Å². The Kier molecular flexibility index (Phi) is 2.98. The molecule has 1 aromatic carbocycles. The molecule has 6 nitrogen and oxygen atoms in total. The lowest BCUT2D eigenvalue weighted by atomic mass is 10.2. The number of hydrogen-bond donors (Lipinski definition) is 2. The maximum Gasteiger partial charge on any atom is 0.277 e. The van der Waals surface area contributed by atoms with Gasteiger partial charge >= 0.3 is 0 Å². The van der Waals surface area contributed by atoms with Gasteiger partial charge in [0.05, 0.1) is 0 Å². The van der Waals surface area contributed by atoms with Crippen molar-refractivity contribution in [3.63, 3.8) is 0 Å². The Morgan fingerprint density at radius 3 is 2.95 bits per heavy atom. The van der Waals surface area contributed by atoms with Crippen molar-refractivity contribution < 1.29 is 9.63 Å². The number of thiazole rings is 1. The predicted octanol–water partition coefficient (Wildman–Crippen LogP) is 2.02. The van der Waals surface area contributed by atoms with Crippen LogP contribution in [0.3, 0.4) is 0 Å². The number of rotatable bonds is 3. The molecule has 0 saturated heterocycles. The smallest absolute Gasteiger partial charge is 0.277 e. The molecule has 96 valence electrons. The zero-order valence-electron chi connectivity index (χ0n) is 9.78. The molecule has 0 bridgehead atoms. The summed E-state index contributed by atoms with van der Waals surface area (Å²) in [5, 5.41) is 15.9. The second-order valence-electron chi connectivity index (χ2n) is 3.80. The molecule has 0 aliphatic rings. The lowest BCUT2D eigenvalue weighted by Crippen LogP contribution is -1.94. The van der Waals surface area contributed by atoms with Crippen LogP contribution in [0.25, 0.3) is 23.0 Å². The molecule has 0 fully saturated rings. The molecule has 0 spiro atoms. The first-order valence-electron chi connectivity index (χ1n) is 5.54. The van der Waals surface area contributed by atoms with Crippen LogP contribution in [0.4, 0.5) is 0 Å². The minimum Gasteiger partial charge on any atom is -0.508 e. The molecule has 3 aromatic rings. The zero-order chi connectivity index (χ0) is 13.2. The highest BCUT2D eigenvalue weighted by Gasteiger charge is 2.13. The van der Waals surface area contributed by atoms with Crippen LogP contribution >= 0.6 is 11.3 Å². The average molecular weight is 274 g/mol. The SMILES string of the molecule is NCc1nc(-c2nc(-c3cccc(O)c3)no2)cs1. The van der Waals surface area contributed by atoms with Crippen LogP contribution in [0.2, 0.25) is 0 Å². The number of nitrogens with zero attached hydrogens (tertiary/aromatic N) is 3. The lowest BCUT2D eigenvalue weighted by Gasteiger charge is -1.94. The Labute approximate surface area is 112 Å². The number of nitrogens with two attached hydrogens (primary N) is 1. The van der Waals surface area contributed by atoms with Crippen LogP contribution in [0, 0.1) is 0 Å². The molecule has 3 N–H and O–H groups in total. The summed E-state index contributed by atoms with van der Waals surface area (Å²) in [5.74, 6) is 0.908. The Hall–Kier alpha value is -2.25. The first kappa shape index (κ1) is 11.8. The zero-order valence-corrected chi connectivity index (χ0v) is 10.6. The van der Waals surface area contributed by atoms with Gasteiger partial charge in [0.15, 0.2) is 0 Å². The van der Waals surface area contributed by atoms with E-state index in [1.807, 2.05) is 5.38 Å². The van der Waals surface area contributed by atoms with Gasteiger partial charge in [0.2, 0.25) is 5.82 Å². The minimum absolute atomic E-state index is 0.155. The lowest BCUT2D eigenvalue weighted by molar-refractivity contribution is 0.431. The molecule has 2 aromatic heterocycles. The minimum atomic E-state index is 0.155. The number of benzene rings is 1. The van der Waals surface area contributed by atoms with Gasteiger partial charge in [0.25, 0.3) is 5.89 Å². The molecule has 7 heteroatoms. The number of phenolic OH excluding ortho intramolecular Hbond substituents is 1. The molecule has 0 atom stereocenters. The standard InChI is InChI=1S/C12H10N4O2S/c13-5-10-14-9(6-19-10)12-15-11(16-18-12)7-2-1-3-8(17)4-7/h1-4,6,17H,5,13H2. The van der Waals surface area contributed by atoms with Crippen molar-refractivity contribution in [2.24, 2.45) is 5.73 Å². The maximum atomic E-state index is 9.42. The van der Waals surface area contributed by atoms with Gasteiger partial charge in [-0.05, 0) is 12.1 Å². The average Bonchev–Trinajstić information content (AvgIpc) is 3.07. The third-order valence-corrected chi connectivity index (χ3v) is 3.35. The van der Waals surface area contributed by atoms with E-state index in [0.717, 1.165) is 5.01 Å². The second-order valence-corrected chi connectivity index (χ2v) is 4.75. The third kappa shape index (κ3) is 2.33.